The summed E-state index contributed by atoms with van der Waals surface area (Å²) in [5, 5.41) is 8.87. The summed E-state index contributed by atoms with van der Waals surface area (Å²) in [5.74, 6) is 0. The van der Waals surface area contributed by atoms with E-state index in [2.05, 4.69) is 213 Å². The number of nitrogens with zero attached hydrogens (tertiary/aromatic N) is 1. The standard InChI is InChI=1S/C52H57N3/c1-49(2,3)33-18-22-37(23-19-33)53-38-27-32(26-36(28-38)52(10,11)12)40-31-42-41-29-35(51(7,8)9)21-25-45(41)55(39-16-14-13-15-17-39)48(42)46-43-30-34(50(4,5)6)20-24-44(43)54-47(40)46/h13-31,53-54H,1-12H3. The zero-order valence-corrected chi connectivity index (χ0v) is 34.9. The highest BCUT2D eigenvalue weighted by molar-refractivity contribution is 6.28. The van der Waals surface area contributed by atoms with E-state index in [9.17, 15) is 0 Å². The van der Waals surface area contributed by atoms with Crippen LogP contribution in [0.3, 0.4) is 0 Å². The van der Waals surface area contributed by atoms with Crippen LogP contribution in [0.5, 0.6) is 0 Å². The molecule has 0 amide bonds. The fraction of sp³-hybridized carbons (Fsp3) is 0.308. The molecule has 280 valence electrons. The van der Waals surface area contributed by atoms with Gasteiger partial charge in [-0.2, -0.15) is 0 Å². The summed E-state index contributed by atoms with van der Waals surface area (Å²) in [4.78, 5) is 3.99. The van der Waals surface area contributed by atoms with E-state index in [-0.39, 0.29) is 21.7 Å². The number of anilines is 2. The normalized spacial score (nSPS) is 13.1. The molecule has 0 radical (unpaired) electrons. The number of para-hydroxylation sites is 1. The Bertz CT molecular complexity index is 2730. The molecule has 8 rings (SSSR count). The zero-order valence-electron chi connectivity index (χ0n) is 34.9. The number of H-pyrrole nitrogens is 1. The van der Waals surface area contributed by atoms with Gasteiger partial charge < -0.3 is 14.9 Å². The highest BCUT2D eigenvalue weighted by atomic mass is 15.0. The summed E-state index contributed by atoms with van der Waals surface area (Å²) in [6, 6.07) is 43.5. The highest BCUT2D eigenvalue weighted by Crippen LogP contribution is 2.46. The van der Waals surface area contributed by atoms with E-state index >= 15 is 0 Å². The van der Waals surface area contributed by atoms with E-state index in [0.29, 0.717) is 0 Å². The quantitative estimate of drug-likeness (QED) is 0.186. The number of aromatic amines is 1. The number of aromatic nitrogens is 2. The van der Waals surface area contributed by atoms with Gasteiger partial charge in [-0.05, 0) is 116 Å². The molecule has 0 fully saturated rings. The molecule has 0 spiro atoms. The molecule has 55 heavy (non-hydrogen) atoms. The van der Waals surface area contributed by atoms with Crippen LogP contribution in [0.2, 0.25) is 0 Å². The number of fused-ring (bicyclic) bond motifs is 7. The van der Waals surface area contributed by atoms with Crippen molar-refractivity contribution >= 4 is 55.0 Å². The Morgan fingerprint density at radius 3 is 1.67 bits per heavy atom. The summed E-state index contributed by atoms with van der Waals surface area (Å²) >= 11 is 0. The molecule has 0 saturated heterocycles. The van der Waals surface area contributed by atoms with E-state index in [0.717, 1.165) is 22.4 Å². The van der Waals surface area contributed by atoms with Gasteiger partial charge in [0.25, 0.3) is 0 Å². The highest BCUT2D eigenvalue weighted by Gasteiger charge is 2.26. The first-order chi connectivity index (χ1) is 25.8. The number of hydrogen-bond donors (Lipinski definition) is 2. The van der Waals surface area contributed by atoms with Gasteiger partial charge in [0.1, 0.15) is 0 Å². The van der Waals surface area contributed by atoms with Crippen molar-refractivity contribution in [2.24, 2.45) is 0 Å². The SMILES string of the molecule is CC(C)(C)c1ccc(Nc2cc(-c3cc4c5cc(C(C)(C)C)ccc5n(-c5ccccc5)c4c4c3[nH]c3ccc(C(C)(C)C)cc34)cc(C(C)(C)C)c2)cc1. The van der Waals surface area contributed by atoms with Crippen LogP contribution in [0.25, 0.3) is 60.4 Å². The van der Waals surface area contributed by atoms with Crippen molar-refractivity contribution in [1.29, 1.82) is 0 Å². The number of nitrogens with one attached hydrogen (secondary N) is 2. The minimum absolute atomic E-state index is 0.00888. The summed E-state index contributed by atoms with van der Waals surface area (Å²) in [6.07, 6.45) is 0. The maximum absolute atomic E-state index is 3.99. The van der Waals surface area contributed by atoms with Crippen molar-refractivity contribution in [2.75, 3.05) is 5.32 Å². The maximum atomic E-state index is 3.99. The molecule has 0 atom stereocenters. The number of rotatable bonds is 4. The molecular formula is C52H57N3. The van der Waals surface area contributed by atoms with Gasteiger partial charge in [0, 0.05) is 49.7 Å². The third-order valence-corrected chi connectivity index (χ3v) is 11.5. The molecule has 3 heteroatoms. The zero-order chi connectivity index (χ0) is 39.2. The Balaban J connectivity index is 1.49. The molecule has 0 aliphatic heterocycles. The van der Waals surface area contributed by atoms with Gasteiger partial charge in [0.05, 0.1) is 16.6 Å². The topological polar surface area (TPSA) is 32.8 Å². The fourth-order valence-corrected chi connectivity index (χ4v) is 8.08. The Morgan fingerprint density at radius 1 is 0.473 bits per heavy atom. The summed E-state index contributed by atoms with van der Waals surface area (Å²) in [7, 11) is 0. The predicted molar refractivity (Wildman–Crippen MR) is 240 cm³/mol. The van der Waals surface area contributed by atoms with E-state index in [1.54, 1.807) is 0 Å². The Morgan fingerprint density at radius 2 is 1.05 bits per heavy atom. The average molecular weight is 724 g/mol. The molecule has 3 nitrogen and oxygen atoms in total. The largest absolute Gasteiger partial charge is 0.356 e. The van der Waals surface area contributed by atoms with Crippen LogP contribution < -0.4 is 5.32 Å². The molecule has 8 aromatic rings. The maximum Gasteiger partial charge on any atom is 0.0641 e. The molecule has 2 heterocycles. The first-order valence-electron chi connectivity index (χ1n) is 19.9. The van der Waals surface area contributed by atoms with Crippen molar-refractivity contribution < 1.29 is 0 Å². The van der Waals surface area contributed by atoms with Crippen LogP contribution >= 0.6 is 0 Å². The lowest BCUT2D eigenvalue weighted by atomic mass is 9.84. The van der Waals surface area contributed by atoms with Crippen molar-refractivity contribution in [2.45, 2.75) is 105 Å². The van der Waals surface area contributed by atoms with Crippen molar-refractivity contribution in [1.82, 2.24) is 9.55 Å². The second kappa shape index (κ2) is 12.6. The van der Waals surface area contributed by atoms with Crippen LogP contribution in [0.15, 0.2) is 115 Å². The summed E-state index contributed by atoms with van der Waals surface area (Å²) in [6.45, 7) is 27.6. The molecule has 0 bridgehead atoms. The van der Waals surface area contributed by atoms with Crippen molar-refractivity contribution in [3.05, 3.63) is 138 Å². The Kier molecular flexibility index (Phi) is 8.42. The van der Waals surface area contributed by atoms with E-state index in [4.69, 9.17) is 0 Å². The van der Waals surface area contributed by atoms with E-state index in [1.807, 2.05) is 0 Å². The molecule has 6 aromatic carbocycles. The summed E-state index contributed by atoms with van der Waals surface area (Å²) < 4.78 is 2.50. The van der Waals surface area contributed by atoms with Crippen molar-refractivity contribution in [3.63, 3.8) is 0 Å². The lowest BCUT2D eigenvalue weighted by Gasteiger charge is -2.23. The average Bonchev–Trinajstić information content (AvgIpc) is 3.65. The monoisotopic (exact) mass is 723 g/mol. The molecule has 0 aliphatic carbocycles. The first-order valence-corrected chi connectivity index (χ1v) is 19.9. The van der Waals surface area contributed by atoms with Gasteiger partial charge in [-0.25, -0.2) is 0 Å². The summed E-state index contributed by atoms with van der Waals surface area (Å²) in [5.41, 5.74) is 15.9. The van der Waals surface area contributed by atoms with Gasteiger partial charge in [-0.3, -0.25) is 0 Å². The van der Waals surface area contributed by atoms with E-state index in [1.165, 1.54) is 71.6 Å². The minimum Gasteiger partial charge on any atom is -0.356 e. The van der Waals surface area contributed by atoms with Crippen LogP contribution in [-0.4, -0.2) is 9.55 Å². The number of hydrogen-bond acceptors (Lipinski definition) is 1. The van der Waals surface area contributed by atoms with Crippen LogP contribution in [-0.2, 0) is 21.7 Å². The predicted octanol–water partition coefficient (Wildman–Crippen LogP) is 15.0. The molecule has 2 N–H and O–H groups in total. The molecule has 0 unspecified atom stereocenters. The number of benzene rings is 6. The molecule has 0 aliphatic rings. The van der Waals surface area contributed by atoms with Gasteiger partial charge in [-0.15, -0.1) is 0 Å². The lowest BCUT2D eigenvalue weighted by Crippen LogP contribution is -2.12. The van der Waals surface area contributed by atoms with Gasteiger partial charge >= 0.3 is 0 Å². The van der Waals surface area contributed by atoms with Gasteiger partial charge in [0.2, 0.25) is 0 Å². The van der Waals surface area contributed by atoms with Crippen LogP contribution in [0, 0.1) is 0 Å². The third kappa shape index (κ3) is 6.62. The molecular weight excluding hydrogens is 667 g/mol. The smallest absolute Gasteiger partial charge is 0.0641 e. The fourth-order valence-electron chi connectivity index (χ4n) is 8.08. The second-order valence-electron chi connectivity index (χ2n) is 19.9. The second-order valence-corrected chi connectivity index (χ2v) is 19.9. The third-order valence-electron chi connectivity index (χ3n) is 11.5. The molecule has 0 saturated carbocycles. The van der Waals surface area contributed by atoms with Gasteiger partial charge in [-0.1, -0.05) is 132 Å². The Labute approximate surface area is 327 Å². The van der Waals surface area contributed by atoms with Gasteiger partial charge in [0.15, 0.2) is 0 Å². The lowest BCUT2D eigenvalue weighted by molar-refractivity contribution is 0.590. The van der Waals surface area contributed by atoms with E-state index < -0.39 is 0 Å². The minimum atomic E-state index is -0.0568. The Hall–Kier alpha value is -5.28. The van der Waals surface area contributed by atoms with Crippen LogP contribution in [0.1, 0.15) is 105 Å². The first kappa shape index (κ1) is 36.7. The van der Waals surface area contributed by atoms with Crippen LogP contribution in [0.4, 0.5) is 11.4 Å². The van der Waals surface area contributed by atoms with Crippen molar-refractivity contribution in [3.8, 4) is 16.8 Å². The molecule has 2 aromatic heterocycles.